The van der Waals surface area contributed by atoms with Crippen molar-refractivity contribution in [2.24, 2.45) is 0 Å². The molecule has 20 heavy (non-hydrogen) atoms. The van der Waals surface area contributed by atoms with Gasteiger partial charge in [-0.1, -0.05) is 12.8 Å². The number of hydrogen-bond donors (Lipinski definition) is 1. The van der Waals surface area contributed by atoms with Crippen molar-refractivity contribution in [1.82, 2.24) is 4.98 Å². The number of ether oxygens (including phenoxy) is 2. The maximum Gasteiger partial charge on any atom is 0.129 e. The monoisotopic (exact) mass is 272 g/mol. The van der Waals surface area contributed by atoms with Crippen LogP contribution in [-0.2, 0) is 11.3 Å². The molecule has 0 amide bonds. The average molecular weight is 272 g/mol. The van der Waals surface area contributed by atoms with Crippen LogP contribution in [0.1, 0.15) is 31.2 Å². The molecule has 1 aliphatic carbocycles. The number of methoxy groups -OCH3 is 1. The first-order chi connectivity index (χ1) is 9.76. The number of nitrogens with two attached hydrogens (primary N) is 1. The lowest BCUT2D eigenvalue weighted by Gasteiger charge is -2.13. The highest BCUT2D eigenvalue weighted by atomic mass is 16.5. The molecule has 0 spiro atoms. The number of benzene rings is 1. The van der Waals surface area contributed by atoms with Crippen LogP contribution in [0.5, 0.6) is 5.75 Å². The SMILES string of the molecule is COc1ccc2cc(COC3CCCC3)c(N)nc2c1. The number of nitrogen functional groups attached to an aromatic ring is 1. The fourth-order valence-corrected chi connectivity index (χ4v) is 2.71. The van der Waals surface area contributed by atoms with E-state index in [9.17, 15) is 0 Å². The smallest absolute Gasteiger partial charge is 0.129 e. The van der Waals surface area contributed by atoms with Gasteiger partial charge in [0.1, 0.15) is 11.6 Å². The normalized spacial score (nSPS) is 15.8. The molecule has 0 atom stereocenters. The van der Waals surface area contributed by atoms with Gasteiger partial charge in [-0.05, 0) is 31.0 Å². The van der Waals surface area contributed by atoms with Gasteiger partial charge in [0.25, 0.3) is 0 Å². The highest BCUT2D eigenvalue weighted by Crippen LogP contribution is 2.26. The van der Waals surface area contributed by atoms with E-state index in [2.05, 4.69) is 11.1 Å². The number of nitrogens with zero attached hydrogens (tertiary/aromatic N) is 1. The second kappa shape index (κ2) is 5.67. The van der Waals surface area contributed by atoms with E-state index in [0.29, 0.717) is 18.5 Å². The van der Waals surface area contributed by atoms with Crippen molar-refractivity contribution >= 4 is 16.7 Å². The Labute approximate surface area is 118 Å². The van der Waals surface area contributed by atoms with E-state index >= 15 is 0 Å². The van der Waals surface area contributed by atoms with Gasteiger partial charge in [-0.2, -0.15) is 0 Å². The van der Waals surface area contributed by atoms with Crippen LogP contribution >= 0.6 is 0 Å². The zero-order valence-corrected chi connectivity index (χ0v) is 11.8. The lowest BCUT2D eigenvalue weighted by atomic mass is 10.1. The Morgan fingerprint density at radius 2 is 2.05 bits per heavy atom. The average Bonchev–Trinajstić information content (AvgIpc) is 2.97. The Morgan fingerprint density at radius 1 is 1.25 bits per heavy atom. The second-order valence-corrected chi connectivity index (χ2v) is 5.31. The van der Waals surface area contributed by atoms with Crippen molar-refractivity contribution in [2.45, 2.75) is 38.4 Å². The highest BCUT2D eigenvalue weighted by Gasteiger charge is 2.16. The summed E-state index contributed by atoms with van der Waals surface area (Å²) in [7, 11) is 1.65. The fraction of sp³-hybridized carbons (Fsp3) is 0.438. The Morgan fingerprint density at radius 3 is 2.80 bits per heavy atom. The first kappa shape index (κ1) is 13.2. The molecule has 4 heteroatoms. The molecule has 2 aromatic rings. The summed E-state index contributed by atoms with van der Waals surface area (Å²) in [5, 5.41) is 1.06. The van der Waals surface area contributed by atoms with Crippen molar-refractivity contribution in [3.8, 4) is 5.75 Å². The van der Waals surface area contributed by atoms with E-state index in [1.54, 1.807) is 7.11 Å². The largest absolute Gasteiger partial charge is 0.497 e. The molecule has 1 saturated carbocycles. The molecule has 4 nitrogen and oxygen atoms in total. The molecular weight excluding hydrogens is 252 g/mol. The predicted octanol–water partition coefficient (Wildman–Crippen LogP) is 3.28. The third-order valence-electron chi connectivity index (χ3n) is 3.91. The highest BCUT2D eigenvalue weighted by molar-refractivity contribution is 5.82. The van der Waals surface area contributed by atoms with Crippen molar-refractivity contribution in [3.63, 3.8) is 0 Å². The van der Waals surface area contributed by atoms with Crippen LogP contribution in [0.3, 0.4) is 0 Å². The van der Waals surface area contributed by atoms with Gasteiger partial charge in [0, 0.05) is 17.0 Å². The molecule has 2 N–H and O–H groups in total. The van der Waals surface area contributed by atoms with Crippen LogP contribution in [0.15, 0.2) is 24.3 Å². The molecular formula is C16H20N2O2. The van der Waals surface area contributed by atoms with Gasteiger partial charge in [-0.3, -0.25) is 0 Å². The molecule has 1 heterocycles. The Bertz CT molecular complexity index is 607. The van der Waals surface area contributed by atoms with Gasteiger partial charge < -0.3 is 15.2 Å². The molecule has 1 aliphatic rings. The number of pyridine rings is 1. The van der Waals surface area contributed by atoms with Gasteiger partial charge in [0.15, 0.2) is 0 Å². The quantitative estimate of drug-likeness (QED) is 0.928. The van der Waals surface area contributed by atoms with Crippen LogP contribution in [-0.4, -0.2) is 18.2 Å². The summed E-state index contributed by atoms with van der Waals surface area (Å²) in [5.41, 5.74) is 7.85. The molecule has 0 saturated heterocycles. The molecule has 1 fully saturated rings. The van der Waals surface area contributed by atoms with Crippen LogP contribution in [0.25, 0.3) is 10.9 Å². The third-order valence-corrected chi connectivity index (χ3v) is 3.91. The standard InChI is InChI=1S/C16H20N2O2/c1-19-14-7-6-11-8-12(16(17)18-15(11)9-14)10-20-13-4-2-3-5-13/h6-9,13H,2-5,10H2,1H3,(H2,17,18). The van der Waals surface area contributed by atoms with E-state index < -0.39 is 0 Å². The van der Waals surface area contributed by atoms with E-state index in [1.807, 2.05) is 18.2 Å². The number of hydrogen-bond acceptors (Lipinski definition) is 4. The zero-order valence-electron chi connectivity index (χ0n) is 11.8. The first-order valence-electron chi connectivity index (χ1n) is 7.11. The fourth-order valence-electron chi connectivity index (χ4n) is 2.71. The van der Waals surface area contributed by atoms with Gasteiger partial charge in [0.2, 0.25) is 0 Å². The number of aromatic nitrogens is 1. The van der Waals surface area contributed by atoms with Crippen molar-refractivity contribution in [1.29, 1.82) is 0 Å². The van der Waals surface area contributed by atoms with Gasteiger partial charge in [0.05, 0.1) is 25.3 Å². The minimum atomic E-state index is 0.390. The van der Waals surface area contributed by atoms with Gasteiger partial charge >= 0.3 is 0 Å². The van der Waals surface area contributed by atoms with Crippen LogP contribution in [0, 0.1) is 0 Å². The summed E-state index contributed by atoms with van der Waals surface area (Å²) in [6.45, 7) is 0.547. The van der Waals surface area contributed by atoms with E-state index in [4.69, 9.17) is 15.2 Å². The molecule has 0 radical (unpaired) electrons. The molecule has 3 rings (SSSR count). The molecule has 1 aromatic heterocycles. The summed E-state index contributed by atoms with van der Waals surface area (Å²) in [4.78, 5) is 4.45. The Balaban J connectivity index is 1.81. The molecule has 106 valence electrons. The van der Waals surface area contributed by atoms with Crippen LogP contribution in [0.2, 0.25) is 0 Å². The predicted molar refractivity (Wildman–Crippen MR) is 79.8 cm³/mol. The Hall–Kier alpha value is -1.81. The zero-order chi connectivity index (χ0) is 13.9. The van der Waals surface area contributed by atoms with Crippen LogP contribution < -0.4 is 10.5 Å². The maximum absolute atomic E-state index is 6.03. The molecule has 0 aliphatic heterocycles. The Kier molecular flexibility index (Phi) is 3.74. The van der Waals surface area contributed by atoms with Crippen molar-refractivity contribution in [3.05, 3.63) is 29.8 Å². The second-order valence-electron chi connectivity index (χ2n) is 5.31. The summed E-state index contributed by atoms with van der Waals surface area (Å²) in [6.07, 6.45) is 5.27. The van der Waals surface area contributed by atoms with Gasteiger partial charge in [-0.15, -0.1) is 0 Å². The van der Waals surface area contributed by atoms with E-state index in [-0.39, 0.29) is 0 Å². The maximum atomic E-state index is 6.03. The number of rotatable bonds is 4. The number of fused-ring (bicyclic) bond motifs is 1. The summed E-state index contributed by atoms with van der Waals surface area (Å²) in [5.74, 6) is 1.34. The summed E-state index contributed by atoms with van der Waals surface area (Å²) >= 11 is 0. The lowest BCUT2D eigenvalue weighted by Crippen LogP contribution is -2.09. The molecule has 0 bridgehead atoms. The minimum absolute atomic E-state index is 0.390. The van der Waals surface area contributed by atoms with Crippen molar-refractivity contribution in [2.75, 3.05) is 12.8 Å². The van der Waals surface area contributed by atoms with Crippen LogP contribution in [0.4, 0.5) is 5.82 Å². The number of anilines is 1. The van der Waals surface area contributed by atoms with Gasteiger partial charge in [-0.25, -0.2) is 4.98 Å². The molecule has 1 aromatic carbocycles. The van der Waals surface area contributed by atoms with E-state index in [1.165, 1.54) is 12.8 Å². The minimum Gasteiger partial charge on any atom is -0.497 e. The topological polar surface area (TPSA) is 57.4 Å². The third kappa shape index (κ3) is 2.70. The lowest BCUT2D eigenvalue weighted by molar-refractivity contribution is 0.0460. The van der Waals surface area contributed by atoms with Crippen molar-refractivity contribution < 1.29 is 9.47 Å². The first-order valence-corrected chi connectivity index (χ1v) is 7.11. The van der Waals surface area contributed by atoms with E-state index in [0.717, 1.165) is 35.1 Å². The summed E-state index contributed by atoms with van der Waals surface area (Å²) in [6, 6.07) is 7.89. The molecule has 0 unspecified atom stereocenters. The summed E-state index contributed by atoms with van der Waals surface area (Å²) < 4.78 is 11.1.